The highest BCUT2D eigenvalue weighted by Crippen LogP contribution is 2.08. The summed E-state index contributed by atoms with van der Waals surface area (Å²) < 4.78 is 4.56. The van der Waals surface area contributed by atoms with Crippen molar-refractivity contribution in [2.75, 3.05) is 25.6 Å². The zero-order valence-corrected chi connectivity index (χ0v) is 8.65. The van der Waals surface area contributed by atoms with Gasteiger partial charge in [0.25, 0.3) is 0 Å². The van der Waals surface area contributed by atoms with Gasteiger partial charge in [0, 0.05) is 12.7 Å². The number of pyridine rings is 1. The number of hydrogen-bond acceptors (Lipinski definition) is 4. The van der Waals surface area contributed by atoms with Crippen LogP contribution in [0.15, 0.2) is 18.2 Å². The number of carbonyl (C=O) groups excluding carboxylic acids is 1. The van der Waals surface area contributed by atoms with Gasteiger partial charge in [-0.1, -0.05) is 6.07 Å². The van der Waals surface area contributed by atoms with E-state index in [0.29, 0.717) is 0 Å². The summed E-state index contributed by atoms with van der Waals surface area (Å²) in [5, 5.41) is 0. The monoisotopic (exact) mass is 194 g/mol. The molecule has 0 unspecified atom stereocenters. The van der Waals surface area contributed by atoms with E-state index in [1.807, 2.05) is 25.1 Å². The van der Waals surface area contributed by atoms with Crippen molar-refractivity contribution < 1.29 is 9.53 Å². The van der Waals surface area contributed by atoms with Crippen molar-refractivity contribution in [3.8, 4) is 0 Å². The normalized spacial score (nSPS) is 9.64. The molecule has 0 radical (unpaired) electrons. The maximum atomic E-state index is 11.0. The molecule has 0 amide bonds. The number of ether oxygens (including phenoxy) is 1. The first-order valence-electron chi connectivity index (χ1n) is 4.35. The highest BCUT2D eigenvalue weighted by atomic mass is 16.5. The van der Waals surface area contributed by atoms with E-state index in [9.17, 15) is 4.79 Å². The maximum absolute atomic E-state index is 11.0. The standard InChI is InChI=1S/C10H14N2O2/c1-8-5-4-6-9(11-8)12(2)7-10(13)14-3/h4-6H,7H2,1-3H3. The predicted octanol–water partition coefficient (Wildman–Crippen LogP) is 0.999. The summed E-state index contributed by atoms with van der Waals surface area (Å²) in [5.41, 5.74) is 0.930. The van der Waals surface area contributed by atoms with Crippen molar-refractivity contribution in [1.82, 2.24) is 4.98 Å². The van der Waals surface area contributed by atoms with E-state index in [4.69, 9.17) is 0 Å². The van der Waals surface area contributed by atoms with E-state index >= 15 is 0 Å². The highest BCUT2D eigenvalue weighted by Gasteiger charge is 2.07. The quantitative estimate of drug-likeness (QED) is 0.673. The number of aromatic nitrogens is 1. The molecule has 14 heavy (non-hydrogen) atoms. The Labute approximate surface area is 83.5 Å². The third-order valence-electron chi connectivity index (χ3n) is 1.86. The van der Waals surface area contributed by atoms with Crippen LogP contribution in [-0.4, -0.2) is 31.7 Å². The summed E-state index contributed by atoms with van der Waals surface area (Å²) >= 11 is 0. The molecule has 0 aromatic carbocycles. The van der Waals surface area contributed by atoms with Gasteiger partial charge in [0.15, 0.2) is 0 Å². The number of likely N-dealkylation sites (N-methyl/N-ethyl adjacent to an activating group) is 1. The van der Waals surface area contributed by atoms with Crippen molar-refractivity contribution in [3.63, 3.8) is 0 Å². The Morgan fingerprint density at radius 2 is 2.29 bits per heavy atom. The number of aryl methyl sites for hydroxylation is 1. The van der Waals surface area contributed by atoms with Gasteiger partial charge in [-0.15, -0.1) is 0 Å². The topological polar surface area (TPSA) is 42.4 Å². The lowest BCUT2D eigenvalue weighted by Gasteiger charge is -2.16. The second kappa shape index (κ2) is 4.60. The Morgan fingerprint density at radius 1 is 1.57 bits per heavy atom. The summed E-state index contributed by atoms with van der Waals surface area (Å²) in [6.45, 7) is 2.13. The van der Waals surface area contributed by atoms with Gasteiger partial charge in [0.1, 0.15) is 12.4 Å². The fourth-order valence-corrected chi connectivity index (χ4v) is 1.08. The number of nitrogens with zero attached hydrogens (tertiary/aromatic N) is 2. The van der Waals surface area contributed by atoms with Crippen LogP contribution in [0.2, 0.25) is 0 Å². The molecule has 0 fully saturated rings. The number of hydrogen-bond donors (Lipinski definition) is 0. The molecule has 0 N–H and O–H groups in total. The molecule has 0 aliphatic heterocycles. The Kier molecular flexibility index (Phi) is 3.45. The molecule has 0 aliphatic carbocycles. The molecule has 76 valence electrons. The summed E-state index contributed by atoms with van der Waals surface area (Å²) in [7, 11) is 3.18. The van der Waals surface area contributed by atoms with Crippen molar-refractivity contribution in [1.29, 1.82) is 0 Å². The summed E-state index contributed by atoms with van der Waals surface area (Å²) in [6, 6.07) is 5.68. The van der Waals surface area contributed by atoms with E-state index in [0.717, 1.165) is 11.5 Å². The molecule has 0 bridgehead atoms. The lowest BCUT2D eigenvalue weighted by Crippen LogP contribution is -2.27. The van der Waals surface area contributed by atoms with Crippen LogP contribution in [0.5, 0.6) is 0 Å². The predicted molar refractivity (Wildman–Crippen MR) is 54.3 cm³/mol. The van der Waals surface area contributed by atoms with Gasteiger partial charge in [-0.05, 0) is 19.1 Å². The zero-order valence-electron chi connectivity index (χ0n) is 8.65. The molecule has 1 heterocycles. The van der Waals surface area contributed by atoms with Crippen LogP contribution in [0.1, 0.15) is 5.69 Å². The molecule has 0 spiro atoms. The number of rotatable bonds is 3. The first-order valence-corrected chi connectivity index (χ1v) is 4.35. The zero-order chi connectivity index (χ0) is 10.6. The van der Waals surface area contributed by atoms with Gasteiger partial charge in [-0.2, -0.15) is 0 Å². The molecule has 4 nitrogen and oxygen atoms in total. The Balaban J connectivity index is 2.69. The number of anilines is 1. The molecule has 0 saturated heterocycles. The van der Waals surface area contributed by atoms with Crippen LogP contribution in [0.4, 0.5) is 5.82 Å². The summed E-state index contributed by atoms with van der Waals surface area (Å²) in [6.07, 6.45) is 0. The molecule has 1 aromatic rings. The Hall–Kier alpha value is -1.58. The highest BCUT2D eigenvalue weighted by molar-refractivity contribution is 5.74. The maximum Gasteiger partial charge on any atom is 0.325 e. The number of methoxy groups -OCH3 is 1. The third kappa shape index (κ3) is 2.73. The van der Waals surface area contributed by atoms with Crippen LogP contribution in [0, 0.1) is 6.92 Å². The second-order valence-corrected chi connectivity index (χ2v) is 3.07. The largest absolute Gasteiger partial charge is 0.468 e. The number of esters is 1. The van der Waals surface area contributed by atoms with Crippen LogP contribution < -0.4 is 4.90 Å². The molecular weight excluding hydrogens is 180 g/mol. The fraction of sp³-hybridized carbons (Fsp3) is 0.400. The van der Waals surface area contributed by atoms with Crippen LogP contribution in [0.25, 0.3) is 0 Å². The van der Waals surface area contributed by atoms with E-state index in [1.165, 1.54) is 7.11 Å². The minimum Gasteiger partial charge on any atom is -0.468 e. The van der Waals surface area contributed by atoms with Gasteiger partial charge < -0.3 is 9.64 Å². The van der Waals surface area contributed by atoms with Crippen LogP contribution >= 0.6 is 0 Å². The second-order valence-electron chi connectivity index (χ2n) is 3.07. The molecule has 1 aromatic heterocycles. The SMILES string of the molecule is COC(=O)CN(C)c1cccc(C)n1. The lowest BCUT2D eigenvalue weighted by atomic mass is 10.3. The van der Waals surface area contributed by atoms with Gasteiger partial charge in [0.2, 0.25) is 0 Å². The summed E-state index contributed by atoms with van der Waals surface area (Å²) in [5.74, 6) is 0.506. The van der Waals surface area contributed by atoms with Crippen molar-refractivity contribution >= 4 is 11.8 Å². The van der Waals surface area contributed by atoms with E-state index in [1.54, 1.807) is 11.9 Å². The third-order valence-corrected chi connectivity index (χ3v) is 1.86. The van der Waals surface area contributed by atoms with Crippen molar-refractivity contribution in [2.45, 2.75) is 6.92 Å². The average molecular weight is 194 g/mol. The van der Waals surface area contributed by atoms with Gasteiger partial charge in [-0.25, -0.2) is 4.98 Å². The molecule has 0 atom stereocenters. The molecular formula is C10H14N2O2. The molecule has 1 rings (SSSR count). The smallest absolute Gasteiger partial charge is 0.325 e. The molecule has 0 saturated carbocycles. The van der Waals surface area contributed by atoms with E-state index in [-0.39, 0.29) is 12.5 Å². The van der Waals surface area contributed by atoms with Gasteiger partial charge >= 0.3 is 5.97 Å². The Morgan fingerprint density at radius 3 is 2.86 bits per heavy atom. The summed E-state index contributed by atoms with van der Waals surface area (Å²) in [4.78, 5) is 17.0. The first-order chi connectivity index (χ1) is 6.63. The van der Waals surface area contributed by atoms with Crippen LogP contribution in [-0.2, 0) is 9.53 Å². The first kappa shape index (κ1) is 10.5. The minimum absolute atomic E-state index is 0.215. The molecule has 0 aliphatic rings. The van der Waals surface area contributed by atoms with Crippen LogP contribution in [0.3, 0.4) is 0 Å². The minimum atomic E-state index is -0.268. The average Bonchev–Trinajstić information content (AvgIpc) is 2.17. The lowest BCUT2D eigenvalue weighted by molar-refractivity contribution is -0.138. The van der Waals surface area contributed by atoms with E-state index in [2.05, 4.69) is 9.72 Å². The van der Waals surface area contributed by atoms with Gasteiger partial charge in [0.05, 0.1) is 7.11 Å². The van der Waals surface area contributed by atoms with Gasteiger partial charge in [-0.3, -0.25) is 4.79 Å². The fourth-order valence-electron chi connectivity index (χ4n) is 1.08. The van der Waals surface area contributed by atoms with Crippen molar-refractivity contribution in [3.05, 3.63) is 23.9 Å². The number of carbonyl (C=O) groups is 1. The Bertz CT molecular complexity index is 326. The van der Waals surface area contributed by atoms with Crippen molar-refractivity contribution in [2.24, 2.45) is 0 Å². The van der Waals surface area contributed by atoms with E-state index < -0.39 is 0 Å². The molecule has 4 heteroatoms.